The first-order chi connectivity index (χ1) is 10.8. The molecule has 0 spiro atoms. The summed E-state index contributed by atoms with van der Waals surface area (Å²) >= 11 is 0. The minimum atomic E-state index is -1.02. The molecule has 6 nitrogen and oxygen atoms in total. The fourth-order valence-electron chi connectivity index (χ4n) is 2.40. The molecule has 1 saturated heterocycles. The van der Waals surface area contributed by atoms with E-state index in [1.54, 1.807) is 20.8 Å². The molecule has 1 heterocycles. The maximum Gasteiger partial charge on any atom is 0.411 e. The number of ether oxygens (including phenoxy) is 2. The molecule has 2 atom stereocenters. The lowest BCUT2D eigenvalue weighted by molar-refractivity contribution is -0.153. The first-order valence-corrected chi connectivity index (χ1v) is 7.66. The number of likely N-dealkylation sites (tertiary alicyclic amines) is 1. The maximum absolute atomic E-state index is 12.3. The molecular weight excluding hydrogens is 298 g/mol. The summed E-state index contributed by atoms with van der Waals surface area (Å²) in [6.07, 6.45) is -1.23. The molecule has 1 amide bonds. The van der Waals surface area contributed by atoms with E-state index in [4.69, 9.17) is 9.47 Å². The van der Waals surface area contributed by atoms with E-state index in [9.17, 15) is 14.7 Å². The van der Waals surface area contributed by atoms with Crippen molar-refractivity contribution in [3.8, 4) is 0 Å². The Morgan fingerprint density at radius 2 is 1.91 bits per heavy atom. The lowest BCUT2D eigenvalue weighted by Gasteiger charge is -2.28. The number of hydrogen-bond donors (Lipinski definition) is 1. The second-order valence-corrected chi connectivity index (χ2v) is 6.57. The normalized spacial score (nSPS) is 21.1. The van der Waals surface area contributed by atoms with Crippen LogP contribution in [0.3, 0.4) is 0 Å². The highest BCUT2D eigenvalue weighted by Gasteiger charge is 2.43. The predicted octanol–water partition coefficient (Wildman–Crippen LogP) is 2.10. The fraction of sp³-hybridized carbons (Fsp3) is 0.529. The fourth-order valence-corrected chi connectivity index (χ4v) is 2.40. The molecule has 6 heteroatoms. The van der Waals surface area contributed by atoms with Crippen molar-refractivity contribution in [1.29, 1.82) is 0 Å². The SMILES string of the molecule is CC(C)(C)OC(=O)N1CCC(O)[C@H]1C(=O)OCc1ccccc1. The molecule has 126 valence electrons. The number of hydrogen-bond acceptors (Lipinski definition) is 5. The van der Waals surface area contributed by atoms with E-state index in [1.165, 1.54) is 4.90 Å². The molecule has 0 aliphatic carbocycles. The summed E-state index contributed by atoms with van der Waals surface area (Å²) < 4.78 is 10.5. The first kappa shape index (κ1) is 17.3. The van der Waals surface area contributed by atoms with Crippen molar-refractivity contribution in [3.63, 3.8) is 0 Å². The van der Waals surface area contributed by atoms with Crippen LogP contribution < -0.4 is 0 Å². The van der Waals surface area contributed by atoms with Crippen LogP contribution in [-0.2, 0) is 20.9 Å². The molecule has 1 aliphatic heterocycles. The van der Waals surface area contributed by atoms with Gasteiger partial charge in [0.05, 0.1) is 6.10 Å². The van der Waals surface area contributed by atoms with Gasteiger partial charge in [0.1, 0.15) is 12.2 Å². The molecule has 2 rings (SSSR count). The van der Waals surface area contributed by atoms with E-state index in [1.807, 2.05) is 30.3 Å². The van der Waals surface area contributed by atoms with Gasteiger partial charge in [0.25, 0.3) is 0 Å². The number of benzene rings is 1. The van der Waals surface area contributed by atoms with Crippen LogP contribution in [0.2, 0.25) is 0 Å². The summed E-state index contributed by atoms with van der Waals surface area (Å²) in [5, 5.41) is 10.0. The van der Waals surface area contributed by atoms with Crippen molar-refractivity contribution in [2.24, 2.45) is 0 Å². The van der Waals surface area contributed by atoms with Gasteiger partial charge in [-0.1, -0.05) is 30.3 Å². The average molecular weight is 321 g/mol. The van der Waals surface area contributed by atoms with Crippen LogP contribution in [0.15, 0.2) is 30.3 Å². The summed E-state index contributed by atoms with van der Waals surface area (Å²) in [5.41, 5.74) is 0.181. The third-order valence-corrected chi connectivity index (χ3v) is 3.46. The topological polar surface area (TPSA) is 76.1 Å². The van der Waals surface area contributed by atoms with Crippen LogP contribution >= 0.6 is 0 Å². The third kappa shape index (κ3) is 4.69. The standard InChI is InChI=1S/C17H23NO5/c1-17(2,3)23-16(21)18-10-9-13(19)14(18)15(20)22-11-12-7-5-4-6-8-12/h4-8,13-14,19H,9-11H2,1-3H3/t13?,14-/m0/s1. The summed E-state index contributed by atoms with van der Waals surface area (Å²) in [4.78, 5) is 25.7. The Balaban J connectivity index is 1.99. The third-order valence-electron chi connectivity index (χ3n) is 3.46. The van der Waals surface area contributed by atoms with Crippen LogP contribution in [-0.4, -0.2) is 46.4 Å². The zero-order chi connectivity index (χ0) is 17.0. The first-order valence-electron chi connectivity index (χ1n) is 7.66. The Morgan fingerprint density at radius 1 is 1.26 bits per heavy atom. The monoisotopic (exact) mass is 321 g/mol. The van der Waals surface area contributed by atoms with Crippen molar-refractivity contribution in [1.82, 2.24) is 4.90 Å². The number of carbonyl (C=O) groups is 2. The van der Waals surface area contributed by atoms with Crippen LogP contribution in [0.5, 0.6) is 0 Å². The van der Waals surface area contributed by atoms with Crippen LogP contribution in [0.1, 0.15) is 32.8 Å². The van der Waals surface area contributed by atoms with Gasteiger partial charge in [-0.2, -0.15) is 0 Å². The van der Waals surface area contributed by atoms with E-state index >= 15 is 0 Å². The molecule has 1 aliphatic rings. The lowest BCUT2D eigenvalue weighted by Crippen LogP contribution is -2.47. The second kappa shape index (κ2) is 7.00. The van der Waals surface area contributed by atoms with Gasteiger partial charge >= 0.3 is 12.1 Å². The van der Waals surface area contributed by atoms with Gasteiger partial charge in [-0.05, 0) is 32.8 Å². The molecular formula is C17H23NO5. The van der Waals surface area contributed by atoms with Crippen LogP contribution in [0.4, 0.5) is 4.79 Å². The molecule has 1 N–H and O–H groups in total. The highest BCUT2D eigenvalue weighted by Crippen LogP contribution is 2.22. The van der Waals surface area contributed by atoms with Gasteiger partial charge in [0.2, 0.25) is 0 Å². The predicted molar refractivity (Wildman–Crippen MR) is 83.6 cm³/mol. The number of aliphatic hydroxyl groups excluding tert-OH is 1. The average Bonchev–Trinajstić information content (AvgIpc) is 2.86. The summed E-state index contributed by atoms with van der Waals surface area (Å²) in [5.74, 6) is -0.621. The van der Waals surface area contributed by atoms with Crippen molar-refractivity contribution in [3.05, 3.63) is 35.9 Å². The molecule has 1 unspecified atom stereocenters. The number of amides is 1. The van der Waals surface area contributed by atoms with Crippen molar-refractivity contribution >= 4 is 12.1 Å². The number of carbonyl (C=O) groups excluding carboxylic acids is 2. The van der Waals surface area contributed by atoms with Gasteiger partial charge < -0.3 is 14.6 Å². The molecule has 0 saturated carbocycles. The van der Waals surface area contributed by atoms with Crippen LogP contribution in [0, 0.1) is 0 Å². The highest BCUT2D eigenvalue weighted by molar-refractivity contribution is 5.83. The maximum atomic E-state index is 12.3. The largest absolute Gasteiger partial charge is 0.459 e. The Morgan fingerprint density at radius 3 is 2.52 bits per heavy atom. The van der Waals surface area contributed by atoms with Crippen molar-refractivity contribution in [2.75, 3.05) is 6.54 Å². The van der Waals surface area contributed by atoms with Crippen molar-refractivity contribution < 1.29 is 24.2 Å². The number of rotatable bonds is 3. The van der Waals surface area contributed by atoms with Gasteiger partial charge in [0.15, 0.2) is 6.04 Å². The van der Waals surface area contributed by atoms with Crippen LogP contribution in [0.25, 0.3) is 0 Å². The summed E-state index contributed by atoms with van der Waals surface area (Å²) in [7, 11) is 0. The summed E-state index contributed by atoms with van der Waals surface area (Å²) in [6.45, 7) is 5.62. The quantitative estimate of drug-likeness (QED) is 0.863. The van der Waals surface area contributed by atoms with E-state index in [-0.39, 0.29) is 13.2 Å². The number of esters is 1. The smallest absolute Gasteiger partial charge is 0.411 e. The Kier molecular flexibility index (Phi) is 5.26. The number of aliphatic hydroxyl groups is 1. The lowest BCUT2D eigenvalue weighted by atomic mass is 10.1. The molecule has 1 fully saturated rings. The second-order valence-electron chi connectivity index (χ2n) is 6.57. The molecule has 0 aromatic heterocycles. The summed E-state index contributed by atoms with van der Waals surface area (Å²) in [6, 6.07) is 8.22. The van der Waals surface area contributed by atoms with Gasteiger partial charge in [-0.3, -0.25) is 4.90 Å². The highest BCUT2D eigenvalue weighted by atomic mass is 16.6. The van der Waals surface area contributed by atoms with Gasteiger partial charge in [0, 0.05) is 6.54 Å². The molecule has 1 aromatic rings. The van der Waals surface area contributed by atoms with E-state index in [0.717, 1.165) is 5.56 Å². The molecule has 1 aromatic carbocycles. The molecule has 0 bridgehead atoms. The zero-order valence-corrected chi connectivity index (χ0v) is 13.7. The van der Waals surface area contributed by atoms with Gasteiger partial charge in [-0.25, -0.2) is 9.59 Å². The molecule has 23 heavy (non-hydrogen) atoms. The van der Waals surface area contributed by atoms with E-state index in [2.05, 4.69) is 0 Å². The van der Waals surface area contributed by atoms with E-state index in [0.29, 0.717) is 6.42 Å². The molecule has 0 radical (unpaired) electrons. The van der Waals surface area contributed by atoms with Crippen molar-refractivity contribution in [2.45, 2.75) is 51.5 Å². The van der Waals surface area contributed by atoms with Gasteiger partial charge in [-0.15, -0.1) is 0 Å². The Labute approximate surface area is 136 Å². The Bertz CT molecular complexity index is 552. The zero-order valence-electron chi connectivity index (χ0n) is 13.7. The van der Waals surface area contributed by atoms with E-state index < -0.39 is 29.8 Å². The minimum Gasteiger partial charge on any atom is -0.459 e. The minimum absolute atomic E-state index is 0.102. The number of nitrogens with zero attached hydrogens (tertiary/aromatic N) is 1. The Hall–Kier alpha value is -2.08.